The van der Waals surface area contributed by atoms with E-state index in [1.807, 2.05) is 0 Å². The van der Waals surface area contributed by atoms with Gasteiger partial charge in [-0.3, -0.25) is 9.59 Å². The lowest BCUT2D eigenvalue weighted by atomic mass is 9.46. The zero-order chi connectivity index (χ0) is 20.6. The van der Waals surface area contributed by atoms with Crippen LogP contribution in [0, 0.1) is 28.6 Å². The van der Waals surface area contributed by atoms with Gasteiger partial charge in [-0.1, -0.05) is 25.5 Å². The van der Waals surface area contributed by atoms with Crippen molar-refractivity contribution in [1.82, 2.24) is 0 Å². The van der Waals surface area contributed by atoms with Gasteiger partial charge in [-0.25, -0.2) is 0 Å². The van der Waals surface area contributed by atoms with Crippen LogP contribution in [0.25, 0.3) is 0 Å². The molecule has 1 heterocycles. The fraction of sp³-hybridized carbons (Fsp3) is 0.833. The third-order valence-electron chi connectivity index (χ3n) is 9.66. The lowest BCUT2D eigenvalue weighted by Gasteiger charge is -2.58. The van der Waals surface area contributed by atoms with Crippen molar-refractivity contribution in [1.29, 1.82) is 0 Å². The second-order valence-electron chi connectivity index (χ2n) is 10.7. The molecule has 1 aliphatic heterocycles. The highest BCUT2D eigenvalue weighted by molar-refractivity contribution is 5.90. The number of Topliss-reactive ketones (excluding diaryl/α,β-unsaturated/α-hetero) is 1. The number of rotatable bonds is 1. The summed E-state index contributed by atoms with van der Waals surface area (Å²) in [7, 11) is 0. The van der Waals surface area contributed by atoms with E-state index in [1.54, 1.807) is 0 Å². The largest absolute Gasteiger partial charge is 0.462 e. The fourth-order valence-electron chi connectivity index (χ4n) is 8.13. The Balaban J connectivity index is 1.45. The Morgan fingerprint density at radius 2 is 2.03 bits per heavy atom. The van der Waals surface area contributed by atoms with E-state index in [9.17, 15) is 14.7 Å². The number of carbonyl (C=O) groups is 2. The van der Waals surface area contributed by atoms with E-state index in [0.717, 1.165) is 44.9 Å². The molecule has 0 aromatic heterocycles. The third-order valence-corrected chi connectivity index (χ3v) is 9.66. The molecule has 0 aromatic rings. The SMILES string of the molecule is CC(=O)O[C@@H]1CC[C@@]2(C)C(=CC[C@H]3[C@H]2CC[C@@]2(C)[C@H]3C[C@H]3OCCC(=O)[C@@]32O)C1. The number of esters is 1. The van der Waals surface area contributed by atoms with Crippen LogP contribution in [0.4, 0.5) is 0 Å². The highest BCUT2D eigenvalue weighted by Crippen LogP contribution is 2.68. The van der Waals surface area contributed by atoms with Crippen molar-refractivity contribution in [3.8, 4) is 0 Å². The van der Waals surface area contributed by atoms with Crippen molar-refractivity contribution in [2.45, 2.75) is 89.9 Å². The standard InChI is InChI=1S/C24H34O5/c1-14(25)29-16-6-9-22(2)15(12-16)4-5-17-18(22)7-10-23(3)19(17)13-21-24(23,27)20(26)8-11-28-21/h4,16-19,21,27H,5-13H2,1-3H3/t16-,17+,18-,19+,21-,22+,23+,24-/m1/s1. The minimum atomic E-state index is -1.31. The van der Waals surface area contributed by atoms with E-state index < -0.39 is 5.60 Å². The Labute approximate surface area is 173 Å². The van der Waals surface area contributed by atoms with Crippen molar-refractivity contribution >= 4 is 11.8 Å². The zero-order valence-electron chi connectivity index (χ0n) is 17.9. The first-order valence-electron chi connectivity index (χ1n) is 11.4. The van der Waals surface area contributed by atoms with Crippen LogP contribution in [-0.2, 0) is 19.1 Å². The summed E-state index contributed by atoms with van der Waals surface area (Å²) in [6.07, 6.45) is 8.97. The molecule has 5 heteroatoms. The molecule has 5 nitrogen and oxygen atoms in total. The number of hydrogen-bond acceptors (Lipinski definition) is 5. The molecular weight excluding hydrogens is 368 g/mol. The molecule has 0 bridgehead atoms. The highest BCUT2D eigenvalue weighted by atomic mass is 16.5. The van der Waals surface area contributed by atoms with Gasteiger partial charge in [0.25, 0.3) is 0 Å². The third kappa shape index (κ3) is 2.52. The average Bonchev–Trinajstić information content (AvgIpc) is 2.91. The van der Waals surface area contributed by atoms with Gasteiger partial charge in [0.1, 0.15) is 6.10 Å². The second-order valence-corrected chi connectivity index (χ2v) is 10.7. The first-order chi connectivity index (χ1) is 13.7. The van der Waals surface area contributed by atoms with E-state index in [0.29, 0.717) is 30.8 Å². The van der Waals surface area contributed by atoms with Crippen molar-refractivity contribution in [2.24, 2.45) is 28.6 Å². The van der Waals surface area contributed by atoms with Crippen molar-refractivity contribution < 1.29 is 24.2 Å². The Hall–Kier alpha value is -1.20. The summed E-state index contributed by atoms with van der Waals surface area (Å²) in [6, 6.07) is 0. The van der Waals surface area contributed by atoms with Crippen LogP contribution >= 0.6 is 0 Å². The van der Waals surface area contributed by atoms with Crippen LogP contribution < -0.4 is 0 Å². The second kappa shape index (κ2) is 6.40. The lowest BCUT2D eigenvalue weighted by Crippen LogP contribution is -2.62. The lowest BCUT2D eigenvalue weighted by molar-refractivity contribution is -0.193. The van der Waals surface area contributed by atoms with Gasteiger partial charge in [0.2, 0.25) is 0 Å². The first kappa shape index (κ1) is 19.7. The Kier molecular flexibility index (Phi) is 4.36. The summed E-state index contributed by atoms with van der Waals surface area (Å²) in [5.74, 6) is 1.18. The molecule has 3 saturated carbocycles. The Morgan fingerprint density at radius 3 is 2.79 bits per heavy atom. The number of carbonyl (C=O) groups excluding carboxylic acids is 2. The number of ketones is 1. The topological polar surface area (TPSA) is 72.8 Å². The van der Waals surface area contributed by atoms with Gasteiger partial charge in [0.15, 0.2) is 11.4 Å². The van der Waals surface area contributed by atoms with Gasteiger partial charge in [0.05, 0.1) is 12.7 Å². The Morgan fingerprint density at radius 1 is 1.24 bits per heavy atom. The highest BCUT2D eigenvalue weighted by Gasteiger charge is 2.70. The normalized spacial score (nSPS) is 51.2. The van der Waals surface area contributed by atoms with Gasteiger partial charge in [0, 0.05) is 25.2 Å². The molecule has 0 spiro atoms. The molecule has 1 saturated heterocycles. The summed E-state index contributed by atoms with van der Waals surface area (Å²) >= 11 is 0. The molecular formula is C24H34O5. The van der Waals surface area contributed by atoms with Crippen LogP contribution in [0.5, 0.6) is 0 Å². The summed E-state index contributed by atoms with van der Waals surface area (Å²) in [5, 5.41) is 11.6. The summed E-state index contributed by atoms with van der Waals surface area (Å²) in [5.41, 5.74) is -0.0882. The molecule has 0 aromatic carbocycles. The van der Waals surface area contributed by atoms with Crippen molar-refractivity contribution in [3.05, 3.63) is 11.6 Å². The van der Waals surface area contributed by atoms with E-state index in [4.69, 9.17) is 9.47 Å². The quantitative estimate of drug-likeness (QED) is 0.536. The zero-order valence-corrected chi connectivity index (χ0v) is 17.9. The average molecular weight is 403 g/mol. The van der Waals surface area contributed by atoms with E-state index >= 15 is 0 Å². The number of allylic oxidation sites excluding steroid dienone is 1. The van der Waals surface area contributed by atoms with E-state index in [2.05, 4.69) is 19.9 Å². The Bertz CT molecular complexity index is 773. The number of fused-ring (bicyclic) bond motifs is 7. The van der Waals surface area contributed by atoms with Crippen LogP contribution in [0.2, 0.25) is 0 Å². The summed E-state index contributed by atoms with van der Waals surface area (Å²) in [6.45, 7) is 6.50. The predicted molar refractivity (Wildman–Crippen MR) is 107 cm³/mol. The molecule has 5 aliphatic rings. The number of aliphatic hydroxyl groups is 1. The number of ether oxygens (including phenoxy) is 2. The van der Waals surface area contributed by atoms with Crippen LogP contribution in [0.15, 0.2) is 11.6 Å². The molecule has 8 atom stereocenters. The maximum Gasteiger partial charge on any atom is 0.302 e. The van der Waals surface area contributed by atoms with Gasteiger partial charge >= 0.3 is 5.97 Å². The molecule has 0 amide bonds. The van der Waals surface area contributed by atoms with Crippen molar-refractivity contribution in [2.75, 3.05) is 6.61 Å². The van der Waals surface area contributed by atoms with Gasteiger partial charge < -0.3 is 14.6 Å². The molecule has 5 rings (SSSR count). The van der Waals surface area contributed by atoms with Crippen LogP contribution in [0.1, 0.15) is 72.1 Å². The summed E-state index contributed by atoms with van der Waals surface area (Å²) < 4.78 is 11.5. The molecule has 4 fully saturated rings. The van der Waals surface area contributed by atoms with Gasteiger partial charge in [-0.05, 0) is 61.7 Å². The van der Waals surface area contributed by atoms with Crippen LogP contribution in [-0.4, -0.2) is 41.3 Å². The first-order valence-corrected chi connectivity index (χ1v) is 11.4. The van der Waals surface area contributed by atoms with E-state index in [-0.39, 0.29) is 34.8 Å². The fourth-order valence-corrected chi connectivity index (χ4v) is 8.13. The van der Waals surface area contributed by atoms with Crippen molar-refractivity contribution in [3.63, 3.8) is 0 Å². The molecule has 160 valence electrons. The van der Waals surface area contributed by atoms with Gasteiger partial charge in [-0.2, -0.15) is 0 Å². The molecule has 1 N–H and O–H groups in total. The minimum Gasteiger partial charge on any atom is -0.462 e. The van der Waals surface area contributed by atoms with E-state index in [1.165, 1.54) is 12.5 Å². The molecule has 29 heavy (non-hydrogen) atoms. The maximum atomic E-state index is 12.8. The number of hydrogen-bond donors (Lipinski definition) is 1. The molecule has 0 unspecified atom stereocenters. The smallest absolute Gasteiger partial charge is 0.302 e. The molecule has 4 aliphatic carbocycles. The maximum absolute atomic E-state index is 12.8. The summed E-state index contributed by atoms with van der Waals surface area (Å²) in [4.78, 5) is 24.3. The van der Waals surface area contributed by atoms with Gasteiger partial charge in [-0.15, -0.1) is 0 Å². The predicted octanol–water partition coefficient (Wildman–Crippen LogP) is 3.58. The monoisotopic (exact) mass is 402 g/mol. The molecule has 0 radical (unpaired) electrons. The minimum absolute atomic E-state index is 0.00246. The van der Waals surface area contributed by atoms with Crippen LogP contribution in [0.3, 0.4) is 0 Å².